The average molecular weight is 396 g/mol. The van der Waals surface area contributed by atoms with Crippen molar-refractivity contribution < 1.29 is 14.0 Å². The lowest BCUT2D eigenvalue weighted by molar-refractivity contribution is -0.113. The number of halogens is 1. The Morgan fingerprint density at radius 1 is 1.00 bits per heavy atom. The fourth-order valence-electron chi connectivity index (χ4n) is 2.75. The van der Waals surface area contributed by atoms with Crippen LogP contribution >= 0.6 is 23.4 Å². The van der Waals surface area contributed by atoms with E-state index in [0.717, 1.165) is 22.9 Å². The number of carbonyl (C=O) groups excluding carboxylic acids is 2. The Hall–Kier alpha value is -2.76. The van der Waals surface area contributed by atoms with Crippen LogP contribution in [-0.2, 0) is 4.79 Å². The molecule has 0 saturated carbocycles. The maximum atomic E-state index is 12.7. The molecule has 6 heteroatoms. The standard InChI is InChI=1S/C21H14ClNO3S/c1-13-6-8-14(9-7-13)23-20(24)19(27-21(23)25)12-15-10-11-18(26-15)16-4-2-3-5-17(16)22/h2-12H,1H3/b19-12+. The highest BCUT2D eigenvalue weighted by Crippen LogP contribution is 2.37. The molecule has 0 unspecified atom stereocenters. The van der Waals surface area contributed by atoms with Gasteiger partial charge >= 0.3 is 0 Å². The number of amides is 2. The van der Waals surface area contributed by atoms with Gasteiger partial charge in [0.1, 0.15) is 11.5 Å². The molecule has 0 N–H and O–H groups in total. The molecule has 1 aliphatic rings. The highest BCUT2D eigenvalue weighted by Gasteiger charge is 2.36. The van der Waals surface area contributed by atoms with Gasteiger partial charge < -0.3 is 4.42 Å². The van der Waals surface area contributed by atoms with E-state index < -0.39 is 0 Å². The van der Waals surface area contributed by atoms with E-state index in [-0.39, 0.29) is 11.1 Å². The second kappa shape index (κ2) is 7.10. The van der Waals surface area contributed by atoms with Gasteiger partial charge in [-0.25, -0.2) is 4.90 Å². The summed E-state index contributed by atoms with van der Waals surface area (Å²) in [5, 5.41) is 0.256. The van der Waals surface area contributed by atoms with Crippen molar-refractivity contribution >= 4 is 46.3 Å². The average Bonchev–Trinajstić information content (AvgIpc) is 3.22. The zero-order chi connectivity index (χ0) is 19.0. The van der Waals surface area contributed by atoms with Crippen LogP contribution in [0, 0.1) is 6.92 Å². The molecule has 2 amide bonds. The number of hydrogen-bond donors (Lipinski definition) is 0. The number of aryl methyl sites for hydroxylation is 1. The Kier molecular flexibility index (Phi) is 4.64. The minimum atomic E-state index is -0.357. The first-order chi connectivity index (χ1) is 13.0. The number of anilines is 1. The highest BCUT2D eigenvalue weighted by molar-refractivity contribution is 8.19. The van der Waals surface area contributed by atoms with Crippen molar-refractivity contribution in [2.45, 2.75) is 6.92 Å². The molecule has 27 heavy (non-hydrogen) atoms. The molecule has 0 atom stereocenters. The first-order valence-corrected chi connectivity index (χ1v) is 9.42. The second-order valence-corrected chi connectivity index (χ2v) is 7.43. The predicted octanol–water partition coefficient (Wildman–Crippen LogP) is 6.15. The first kappa shape index (κ1) is 17.6. The van der Waals surface area contributed by atoms with E-state index in [1.165, 1.54) is 4.90 Å². The third-order valence-corrected chi connectivity index (χ3v) is 5.32. The van der Waals surface area contributed by atoms with Crippen LogP contribution in [0.3, 0.4) is 0 Å². The van der Waals surface area contributed by atoms with Gasteiger partial charge in [0, 0.05) is 11.6 Å². The predicted molar refractivity (Wildman–Crippen MR) is 109 cm³/mol. The number of benzene rings is 2. The maximum absolute atomic E-state index is 12.7. The quantitative estimate of drug-likeness (QED) is 0.499. The summed E-state index contributed by atoms with van der Waals surface area (Å²) in [5.74, 6) is 0.730. The van der Waals surface area contributed by atoms with E-state index in [0.29, 0.717) is 27.1 Å². The smallest absolute Gasteiger partial charge is 0.298 e. The van der Waals surface area contributed by atoms with Crippen LogP contribution in [0.2, 0.25) is 5.02 Å². The fraction of sp³-hybridized carbons (Fsp3) is 0.0476. The lowest BCUT2D eigenvalue weighted by Crippen LogP contribution is -2.27. The largest absolute Gasteiger partial charge is 0.457 e. The van der Waals surface area contributed by atoms with Crippen molar-refractivity contribution in [2.24, 2.45) is 0 Å². The van der Waals surface area contributed by atoms with E-state index in [4.69, 9.17) is 16.0 Å². The van der Waals surface area contributed by atoms with Crippen molar-refractivity contribution in [2.75, 3.05) is 4.90 Å². The molecule has 1 aromatic heterocycles. The zero-order valence-electron chi connectivity index (χ0n) is 14.3. The molecule has 4 nitrogen and oxygen atoms in total. The molecule has 2 heterocycles. The van der Waals surface area contributed by atoms with Crippen molar-refractivity contribution in [3.05, 3.63) is 81.9 Å². The topological polar surface area (TPSA) is 50.5 Å². The molecule has 0 radical (unpaired) electrons. The minimum Gasteiger partial charge on any atom is -0.457 e. The summed E-state index contributed by atoms with van der Waals surface area (Å²) in [6.07, 6.45) is 1.58. The number of imide groups is 1. The Balaban J connectivity index is 1.62. The highest BCUT2D eigenvalue weighted by atomic mass is 35.5. The first-order valence-electron chi connectivity index (χ1n) is 8.22. The molecule has 2 aromatic carbocycles. The van der Waals surface area contributed by atoms with Crippen LogP contribution in [0.1, 0.15) is 11.3 Å². The van der Waals surface area contributed by atoms with Gasteiger partial charge in [0.2, 0.25) is 0 Å². The third-order valence-electron chi connectivity index (χ3n) is 4.13. The van der Waals surface area contributed by atoms with Gasteiger partial charge in [-0.15, -0.1) is 0 Å². The number of nitrogens with zero attached hydrogens (tertiary/aromatic N) is 1. The Labute approximate surface area is 165 Å². The van der Waals surface area contributed by atoms with E-state index in [1.54, 1.807) is 36.4 Å². The van der Waals surface area contributed by atoms with Crippen LogP contribution in [-0.4, -0.2) is 11.1 Å². The molecule has 1 fully saturated rings. The van der Waals surface area contributed by atoms with E-state index >= 15 is 0 Å². The number of rotatable bonds is 3. The Bertz CT molecular complexity index is 1070. The molecule has 3 aromatic rings. The third kappa shape index (κ3) is 3.44. The van der Waals surface area contributed by atoms with Gasteiger partial charge in [-0.3, -0.25) is 9.59 Å². The minimum absolute atomic E-state index is 0.320. The molecule has 1 saturated heterocycles. The number of carbonyl (C=O) groups is 2. The van der Waals surface area contributed by atoms with Gasteiger partial charge in [0.05, 0.1) is 15.6 Å². The molecule has 0 spiro atoms. The number of hydrogen-bond acceptors (Lipinski definition) is 4. The summed E-state index contributed by atoms with van der Waals surface area (Å²) in [5.41, 5.74) is 2.39. The van der Waals surface area contributed by atoms with Crippen molar-refractivity contribution in [3.63, 3.8) is 0 Å². The molecule has 0 aliphatic carbocycles. The summed E-state index contributed by atoms with van der Waals surface area (Å²) in [4.78, 5) is 26.5. The summed E-state index contributed by atoms with van der Waals surface area (Å²) < 4.78 is 5.80. The molecule has 4 rings (SSSR count). The van der Waals surface area contributed by atoms with E-state index in [1.807, 2.05) is 37.3 Å². The van der Waals surface area contributed by atoms with Gasteiger partial charge in [-0.2, -0.15) is 0 Å². The summed E-state index contributed by atoms with van der Waals surface area (Å²) >= 11 is 7.09. The lowest BCUT2D eigenvalue weighted by Gasteiger charge is -2.12. The molecule has 1 aliphatic heterocycles. The van der Waals surface area contributed by atoms with Crippen molar-refractivity contribution in [1.29, 1.82) is 0 Å². The van der Waals surface area contributed by atoms with Gasteiger partial charge in [-0.1, -0.05) is 41.4 Å². The Morgan fingerprint density at radius 2 is 1.74 bits per heavy atom. The van der Waals surface area contributed by atoms with Gasteiger partial charge in [0.25, 0.3) is 11.1 Å². The summed E-state index contributed by atoms with van der Waals surface area (Å²) in [6, 6.07) is 18.1. The van der Waals surface area contributed by atoms with Gasteiger partial charge in [0.15, 0.2) is 0 Å². The number of thioether (sulfide) groups is 1. The van der Waals surface area contributed by atoms with Crippen LogP contribution in [0.15, 0.2) is 70.0 Å². The van der Waals surface area contributed by atoms with Crippen LogP contribution in [0.25, 0.3) is 17.4 Å². The molecule has 134 valence electrons. The van der Waals surface area contributed by atoms with E-state index in [2.05, 4.69) is 0 Å². The fourth-order valence-corrected chi connectivity index (χ4v) is 3.80. The molecular weight excluding hydrogens is 382 g/mol. The second-order valence-electron chi connectivity index (χ2n) is 6.03. The normalized spacial score (nSPS) is 15.8. The lowest BCUT2D eigenvalue weighted by atomic mass is 10.2. The summed E-state index contributed by atoms with van der Waals surface area (Å²) in [6.45, 7) is 1.95. The van der Waals surface area contributed by atoms with Crippen LogP contribution in [0.5, 0.6) is 0 Å². The SMILES string of the molecule is Cc1ccc(N2C(=O)S/C(=C/c3ccc(-c4ccccc4Cl)o3)C2=O)cc1. The van der Waals surface area contributed by atoms with Gasteiger partial charge in [-0.05, 0) is 55.1 Å². The zero-order valence-corrected chi connectivity index (χ0v) is 15.9. The Morgan fingerprint density at radius 3 is 2.48 bits per heavy atom. The molecule has 0 bridgehead atoms. The van der Waals surface area contributed by atoms with Crippen molar-refractivity contribution in [1.82, 2.24) is 0 Å². The molecular formula is C21H14ClNO3S. The van der Waals surface area contributed by atoms with Crippen LogP contribution in [0.4, 0.5) is 10.5 Å². The van der Waals surface area contributed by atoms with Crippen molar-refractivity contribution in [3.8, 4) is 11.3 Å². The van der Waals surface area contributed by atoms with E-state index in [9.17, 15) is 9.59 Å². The van der Waals surface area contributed by atoms with Crippen LogP contribution < -0.4 is 4.90 Å². The maximum Gasteiger partial charge on any atom is 0.298 e. The summed E-state index contributed by atoms with van der Waals surface area (Å²) in [7, 11) is 0. The monoisotopic (exact) mass is 395 g/mol. The number of furan rings is 1.